The Morgan fingerprint density at radius 3 is 2.28 bits per heavy atom. The maximum Gasteiger partial charge on any atom is 0.254 e. The highest BCUT2D eigenvalue weighted by molar-refractivity contribution is 6.03. The zero-order valence-corrected chi connectivity index (χ0v) is 10.6. The largest absolute Gasteiger partial charge is 0.398 e. The Hall–Kier alpha value is -2.29. The number of carbonyl (C=O) groups excluding carboxylic acids is 1. The molecule has 0 fully saturated rings. The lowest BCUT2D eigenvalue weighted by Crippen LogP contribution is -2.22. The van der Waals surface area contributed by atoms with Gasteiger partial charge in [0.15, 0.2) is 0 Å². The van der Waals surface area contributed by atoms with Gasteiger partial charge >= 0.3 is 0 Å². The van der Waals surface area contributed by atoms with E-state index in [1.54, 1.807) is 31.1 Å². The van der Waals surface area contributed by atoms with Crippen LogP contribution in [0.4, 0.5) is 5.69 Å². The minimum atomic E-state index is -0.0406. The lowest BCUT2D eigenvalue weighted by atomic mass is 9.97. The molecule has 2 N–H and O–H groups in total. The molecule has 0 aliphatic rings. The molecule has 0 aliphatic heterocycles. The summed E-state index contributed by atoms with van der Waals surface area (Å²) in [5, 5.41) is 0. The van der Waals surface area contributed by atoms with Crippen LogP contribution in [0.1, 0.15) is 10.4 Å². The summed E-state index contributed by atoms with van der Waals surface area (Å²) in [4.78, 5) is 13.7. The van der Waals surface area contributed by atoms with E-state index < -0.39 is 0 Å². The van der Waals surface area contributed by atoms with E-state index in [1.807, 2.05) is 36.4 Å². The summed E-state index contributed by atoms with van der Waals surface area (Å²) in [6, 6.07) is 15.2. The van der Waals surface area contributed by atoms with Crippen molar-refractivity contribution in [2.75, 3.05) is 19.8 Å². The average Bonchev–Trinajstić information content (AvgIpc) is 2.38. The SMILES string of the molecule is CN(C)C(=O)c1cccc(N)c1-c1ccccc1. The summed E-state index contributed by atoms with van der Waals surface area (Å²) in [5.74, 6) is -0.0406. The Balaban J connectivity index is 2.63. The smallest absolute Gasteiger partial charge is 0.254 e. The fourth-order valence-electron chi connectivity index (χ4n) is 1.92. The monoisotopic (exact) mass is 240 g/mol. The number of hydrogen-bond donors (Lipinski definition) is 1. The van der Waals surface area contributed by atoms with Crippen LogP contribution in [0.15, 0.2) is 48.5 Å². The van der Waals surface area contributed by atoms with E-state index in [1.165, 1.54) is 0 Å². The molecule has 0 aliphatic carbocycles. The first-order chi connectivity index (χ1) is 8.61. The standard InChI is InChI=1S/C15H16N2O/c1-17(2)15(18)12-9-6-10-13(16)14(12)11-7-4-3-5-8-11/h3-10H,16H2,1-2H3. The Morgan fingerprint density at radius 2 is 1.67 bits per heavy atom. The number of carbonyl (C=O) groups is 1. The third-order valence-electron chi connectivity index (χ3n) is 2.80. The number of rotatable bonds is 2. The lowest BCUT2D eigenvalue weighted by Gasteiger charge is -2.15. The van der Waals surface area contributed by atoms with E-state index >= 15 is 0 Å². The van der Waals surface area contributed by atoms with E-state index in [2.05, 4.69) is 0 Å². The molecule has 3 nitrogen and oxygen atoms in total. The Bertz CT molecular complexity index is 562. The first-order valence-electron chi connectivity index (χ1n) is 5.77. The van der Waals surface area contributed by atoms with Crippen molar-refractivity contribution in [3.63, 3.8) is 0 Å². The van der Waals surface area contributed by atoms with E-state index in [0.717, 1.165) is 11.1 Å². The first-order valence-corrected chi connectivity index (χ1v) is 5.77. The van der Waals surface area contributed by atoms with Crippen LogP contribution in [-0.2, 0) is 0 Å². The molecule has 2 aromatic carbocycles. The van der Waals surface area contributed by atoms with Crippen molar-refractivity contribution in [1.82, 2.24) is 4.90 Å². The van der Waals surface area contributed by atoms with Crippen molar-refractivity contribution in [2.45, 2.75) is 0 Å². The quantitative estimate of drug-likeness (QED) is 0.820. The summed E-state index contributed by atoms with van der Waals surface area (Å²) in [7, 11) is 3.47. The molecule has 0 aromatic heterocycles. The van der Waals surface area contributed by atoms with Crippen molar-refractivity contribution in [2.24, 2.45) is 0 Å². The third-order valence-corrected chi connectivity index (χ3v) is 2.80. The van der Waals surface area contributed by atoms with E-state index in [4.69, 9.17) is 5.73 Å². The van der Waals surface area contributed by atoms with E-state index in [-0.39, 0.29) is 5.91 Å². The summed E-state index contributed by atoms with van der Waals surface area (Å²) < 4.78 is 0. The molecular formula is C15H16N2O. The van der Waals surface area contributed by atoms with Gasteiger partial charge < -0.3 is 10.6 Å². The molecule has 3 heteroatoms. The molecule has 0 unspecified atom stereocenters. The number of nitrogen functional groups attached to an aromatic ring is 1. The van der Waals surface area contributed by atoms with Gasteiger partial charge in [0, 0.05) is 30.9 Å². The molecule has 18 heavy (non-hydrogen) atoms. The lowest BCUT2D eigenvalue weighted by molar-refractivity contribution is 0.0828. The molecule has 0 saturated carbocycles. The predicted molar refractivity (Wildman–Crippen MR) is 74.3 cm³/mol. The van der Waals surface area contributed by atoms with Gasteiger partial charge in [0.1, 0.15) is 0 Å². The maximum absolute atomic E-state index is 12.2. The maximum atomic E-state index is 12.2. The molecule has 0 atom stereocenters. The zero-order valence-electron chi connectivity index (χ0n) is 10.6. The van der Waals surface area contributed by atoms with Crippen molar-refractivity contribution < 1.29 is 4.79 Å². The van der Waals surface area contributed by atoms with Crippen LogP contribution in [0, 0.1) is 0 Å². The fourth-order valence-corrected chi connectivity index (χ4v) is 1.92. The Kier molecular flexibility index (Phi) is 3.33. The van der Waals surface area contributed by atoms with Crippen molar-refractivity contribution in [3.8, 4) is 11.1 Å². The van der Waals surface area contributed by atoms with Crippen LogP contribution in [-0.4, -0.2) is 24.9 Å². The minimum absolute atomic E-state index is 0.0406. The second kappa shape index (κ2) is 4.92. The molecule has 0 saturated heterocycles. The van der Waals surface area contributed by atoms with Crippen LogP contribution in [0.5, 0.6) is 0 Å². The van der Waals surface area contributed by atoms with Crippen LogP contribution in [0.2, 0.25) is 0 Å². The van der Waals surface area contributed by atoms with Crippen LogP contribution < -0.4 is 5.73 Å². The summed E-state index contributed by atoms with van der Waals surface area (Å²) in [6.07, 6.45) is 0. The highest BCUT2D eigenvalue weighted by Gasteiger charge is 2.16. The van der Waals surface area contributed by atoms with Gasteiger partial charge in [0.25, 0.3) is 5.91 Å². The van der Waals surface area contributed by atoms with E-state index in [9.17, 15) is 4.79 Å². The van der Waals surface area contributed by atoms with Gasteiger partial charge in [-0.15, -0.1) is 0 Å². The van der Waals surface area contributed by atoms with Gasteiger partial charge in [0.05, 0.1) is 0 Å². The van der Waals surface area contributed by atoms with Crippen LogP contribution >= 0.6 is 0 Å². The molecule has 1 amide bonds. The molecule has 0 heterocycles. The number of anilines is 1. The topological polar surface area (TPSA) is 46.3 Å². The Morgan fingerprint density at radius 1 is 1.00 bits per heavy atom. The fraction of sp³-hybridized carbons (Fsp3) is 0.133. The number of nitrogens with zero attached hydrogens (tertiary/aromatic N) is 1. The third kappa shape index (κ3) is 2.20. The highest BCUT2D eigenvalue weighted by Crippen LogP contribution is 2.30. The number of amides is 1. The molecule has 2 aromatic rings. The number of benzene rings is 2. The van der Waals surface area contributed by atoms with Crippen molar-refractivity contribution in [1.29, 1.82) is 0 Å². The number of nitrogens with two attached hydrogens (primary N) is 1. The summed E-state index contributed by atoms with van der Waals surface area (Å²) >= 11 is 0. The molecule has 2 rings (SSSR count). The summed E-state index contributed by atoms with van der Waals surface area (Å²) in [5.41, 5.74) is 9.03. The normalized spacial score (nSPS) is 10.1. The second-order valence-electron chi connectivity index (χ2n) is 4.34. The van der Waals surface area contributed by atoms with Crippen LogP contribution in [0.25, 0.3) is 11.1 Å². The molecule has 0 radical (unpaired) electrons. The van der Waals surface area contributed by atoms with Gasteiger partial charge in [-0.3, -0.25) is 4.79 Å². The molecular weight excluding hydrogens is 224 g/mol. The minimum Gasteiger partial charge on any atom is -0.398 e. The Labute approximate surface area is 107 Å². The van der Waals surface area contributed by atoms with Crippen molar-refractivity contribution in [3.05, 3.63) is 54.1 Å². The molecule has 0 bridgehead atoms. The summed E-state index contributed by atoms with van der Waals surface area (Å²) in [6.45, 7) is 0. The molecule has 92 valence electrons. The van der Waals surface area contributed by atoms with Crippen molar-refractivity contribution >= 4 is 11.6 Å². The predicted octanol–water partition coefficient (Wildman–Crippen LogP) is 2.64. The van der Waals surface area contributed by atoms with Gasteiger partial charge in [-0.25, -0.2) is 0 Å². The van der Waals surface area contributed by atoms with Gasteiger partial charge in [-0.05, 0) is 17.7 Å². The van der Waals surface area contributed by atoms with Crippen LogP contribution in [0.3, 0.4) is 0 Å². The zero-order chi connectivity index (χ0) is 13.1. The first kappa shape index (κ1) is 12.2. The highest BCUT2D eigenvalue weighted by atomic mass is 16.2. The average molecular weight is 240 g/mol. The van der Waals surface area contributed by atoms with E-state index in [0.29, 0.717) is 11.3 Å². The second-order valence-corrected chi connectivity index (χ2v) is 4.34. The van der Waals surface area contributed by atoms with Gasteiger partial charge in [-0.2, -0.15) is 0 Å². The van der Waals surface area contributed by atoms with Gasteiger partial charge in [0.2, 0.25) is 0 Å². The van der Waals surface area contributed by atoms with Gasteiger partial charge in [-0.1, -0.05) is 36.4 Å². The number of hydrogen-bond acceptors (Lipinski definition) is 2. The molecule has 0 spiro atoms.